The molecule has 0 bridgehead atoms. The van der Waals surface area contributed by atoms with Crippen molar-refractivity contribution in [1.82, 2.24) is 4.90 Å². The summed E-state index contributed by atoms with van der Waals surface area (Å²) in [5.74, 6) is 1.58. The Morgan fingerprint density at radius 1 is 1.27 bits per heavy atom. The van der Waals surface area contributed by atoms with Crippen LogP contribution >= 0.6 is 0 Å². The number of hydrogen-bond acceptors (Lipinski definition) is 2. The third-order valence-electron chi connectivity index (χ3n) is 3.92. The lowest BCUT2D eigenvalue weighted by atomic mass is 9.93. The molecule has 1 fully saturated rings. The van der Waals surface area contributed by atoms with Crippen LogP contribution < -0.4 is 5.73 Å². The van der Waals surface area contributed by atoms with Gasteiger partial charge in [-0.1, -0.05) is 19.1 Å². The topological polar surface area (TPSA) is 29.3 Å². The SMILES string of the molecule is CC1CCC(C)N(CC2C=CC(N)C2)C1. The van der Waals surface area contributed by atoms with E-state index in [1.54, 1.807) is 0 Å². The predicted octanol–water partition coefficient (Wildman–Crippen LogP) is 2.01. The Labute approximate surface area is 93.5 Å². The number of hydrogen-bond donors (Lipinski definition) is 1. The molecule has 4 unspecified atom stereocenters. The van der Waals surface area contributed by atoms with E-state index in [9.17, 15) is 0 Å². The standard InChI is InChI=1S/C13H24N2/c1-10-3-4-11(2)15(8-10)9-12-5-6-13(14)7-12/h5-6,10-13H,3-4,7-9,14H2,1-2H3. The van der Waals surface area contributed by atoms with Crippen LogP contribution in [0.2, 0.25) is 0 Å². The van der Waals surface area contributed by atoms with Crippen molar-refractivity contribution >= 4 is 0 Å². The smallest absolute Gasteiger partial charge is 0.0229 e. The Kier molecular flexibility index (Phi) is 3.47. The van der Waals surface area contributed by atoms with Crippen LogP contribution in [0.25, 0.3) is 0 Å². The number of nitrogens with two attached hydrogens (primary N) is 1. The molecule has 4 atom stereocenters. The Hall–Kier alpha value is -0.340. The fourth-order valence-corrected chi connectivity index (χ4v) is 2.88. The summed E-state index contributed by atoms with van der Waals surface area (Å²) in [6.07, 6.45) is 8.40. The van der Waals surface area contributed by atoms with Crippen LogP contribution in [0.4, 0.5) is 0 Å². The highest BCUT2D eigenvalue weighted by Crippen LogP contribution is 2.25. The largest absolute Gasteiger partial charge is 0.324 e. The second-order valence-electron chi connectivity index (χ2n) is 5.53. The molecule has 2 aliphatic rings. The summed E-state index contributed by atoms with van der Waals surface area (Å²) in [5, 5.41) is 0. The summed E-state index contributed by atoms with van der Waals surface area (Å²) < 4.78 is 0. The second-order valence-corrected chi connectivity index (χ2v) is 5.53. The van der Waals surface area contributed by atoms with Crippen molar-refractivity contribution in [3.8, 4) is 0 Å². The molecule has 2 rings (SSSR count). The number of nitrogens with zero attached hydrogens (tertiary/aromatic N) is 1. The van der Waals surface area contributed by atoms with E-state index in [1.807, 2.05) is 0 Å². The van der Waals surface area contributed by atoms with Crippen LogP contribution in [-0.4, -0.2) is 30.1 Å². The van der Waals surface area contributed by atoms with Crippen molar-refractivity contribution in [3.63, 3.8) is 0 Å². The number of likely N-dealkylation sites (tertiary alicyclic amines) is 1. The summed E-state index contributed by atoms with van der Waals surface area (Å²) in [5.41, 5.74) is 5.89. The number of piperidine rings is 1. The molecule has 1 aliphatic carbocycles. The Bertz CT molecular complexity index is 237. The highest BCUT2D eigenvalue weighted by atomic mass is 15.2. The van der Waals surface area contributed by atoms with Gasteiger partial charge in [-0.05, 0) is 38.0 Å². The zero-order valence-electron chi connectivity index (χ0n) is 10.0. The Balaban J connectivity index is 1.85. The summed E-state index contributed by atoms with van der Waals surface area (Å²) in [4.78, 5) is 2.65. The van der Waals surface area contributed by atoms with Crippen LogP contribution in [-0.2, 0) is 0 Å². The normalized spacial score (nSPS) is 42.3. The molecular weight excluding hydrogens is 184 g/mol. The molecule has 0 aromatic rings. The molecule has 0 aromatic carbocycles. The minimum absolute atomic E-state index is 0.313. The van der Waals surface area contributed by atoms with Gasteiger partial charge >= 0.3 is 0 Å². The molecule has 2 N–H and O–H groups in total. The first-order valence-corrected chi connectivity index (χ1v) is 6.33. The van der Waals surface area contributed by atoms with Gasteiger partial charge in [0.05, 0.1) is 0 Å². The molecule has 0 radical (unpaired) electrons. The molecule has 2 heteroatoms. The maximum atomic E-state index is 5.89. The number of rotatable bonds is 2. The molecule has 1 saturated heterocycles. The molecule has 0 saturated carbocycles. The van der Waals surface area contributed by atoms with Gasteiger partial charge in [0.2, 0.25) is 0 Å². The summed E-state index contributed by atoms with van der Waals surface area (Å²) in [7, 11) is 0. The quantitative estimate of drug-likeness (QED) is 0.703. The van der Waals surface area contributed by atoms with E-state index < -0.39 is 0 Å². The molecule has 0 amide bonds. The fraction of sp³-hybridized carbons (Fsp3) is 0.846. The molecule has 0 aromatic heterocycles. The van der Waals surface area contributed by atoms with Gasteiger partial charge in [-0.25, -0.2) is 0 Å². The highest BCUT2D eigenvalue weighted by Gasteiger charge is 2.26. The molecular formula is C13H24N2. The Morgan fingerprint density at radius 3 is 2.73 bits per heavy atom. The van der Waals surface area contributed by atoms with Crippen molar-refractivity contribution in [2.75, 3.05) is 13.1 Å². The van der Waals surface area contributed by atoms with Crippen LogP contribution in [0.3, 0.4) is 0 Å². The van der Waals surface area contributed by atoms with Crippen LogP contribution in [0.5, 0.6) is 0 Å². The fourth-order valence-electron chi connectivity index (χ4n) is 2.88. The Morgan fingerprint density at radius 2 is 2.07 bits per heavy atom. The minimum Gasteiger partial charge on any atom is -0.324 e. The minimum atomic E-state index is 0.313. The zero-order valence-corrected chi connectivity index (χ0v) is 10.0. The highest BCUT2D eigenvalue weighted by molar-refractivity contribution is 5.05. The van der Waals surface area contributed by atoms with E-state index in [-0.39, 0.29) is 0 Å². The van der Waals surface area contributed by atoms with Crippen LogP contribution in [0.1, 0.15) is 33.1 Å². The third kappa shape index (κ3) is 2.82. The first-order chi connectivity index (χ1) is 7.15. The monoisotopic (exact) mass is 208 g/mol. The molecule has 1 aliphatic heterocycles. The maximum Gasteiger partial charge on any atom is 0.0229 e. The van der Waals surface area contributed by atoms with Gasteiger partial charge in [0.1, 0.15) is 0 Å². The average molecular weight is 208 g/mol. The van der Waals surface area contributed by atoms with Crippen molar-refractivity contribution in [1.29, 1.82) is 0 Å². The molecule has 0 spiro atoms. The van der Waals surface area contributed by atoms with Crippen LogP contribution in [0, 0.1) is 11.8 Å². The lowest BCUT2D eigenvalue weighted by molar-refractivity contribution is 0.112. The van der Waals surface area contributed by atoms with Gasteiger partial charge in [0, 0.05) is 25.2 Å². The lowest BCUT2D eigenvalue weighted by Crippen LogP contribution is -2.43. The molecule has 15 heavy (non-hydrogen) atoms. The summed E-state index contributed by atoms with van der Waals surface area (Å²) in [6, 6.07) is 1.08. The summed E-state index contributed by atoms with van der Waals surface area (Å²) >= 11 is 0. The van der Waals surface area contributed by atoms with Crippen molar-refractivity contribution in [2.24, 2.45) is 17.6 Å². The third-order valence-corrected chi connectivity index (χ3v) is 3.92. The van der Waals surface area contributed by atoms with Gasteiger partial charge in [-0.15, -0.1) is 0 Å². The average Bonchev–Trinajstić information content (AvgIpc) is 2.58. The van der Waals surface area contributed by atoms with E-state index in [0.717, 1.165) is 18.4 Å². The van der Waals surface area contributed by atoms with E-state index >= 15 is 0 Å². The van der Waals surface area contributed by atoms with E-state index in [2.05, 4.69) is 30.9 Å². The van der Waals surface area contributed by atoms with Gasteiger partial charge in [0.25, 0.3) is 0 Å². The van der Waals surface area contributed by atoms with Crippen molar-refractivity contribution in [3.05, 3.63) is 12.2 Å². The molecule has 1 heterocycles. The van der Waals surface area contributed by atoms with Crippen molar-refractivity contribution < 1.29 is 0 Å². The van der Waals surface area contributed by atoms with Gasteiger partial charge in [0.15, 0.2) is 0 Å². The van der Waals surface area contributed by atoms with Gasteiger partial charge in [-0.3, -0.25) is 4.90 Å². The van der Waals surface area contributed by atoms with E-state index in [1.165, 1.54) is 25.9 Å². The first-order valence-electron chi connectivity index (χ1n) is 6.33. The first kappa shape index (κ1) is 11.2. The molecule has 2 nitrogen and oxygen atoms in total. The van der Waals surface area contributed by atoms with Gasteiger partial charge < -0.3 is 5.73 Å². The van der Waals surface area contributed by atoms with E-state index in [4.69, 9.17) is 5.73 Å². The zero-order chi connectivity index (χ0) is 10.8. The second kappa shape index (κ2) is 4.67. The van der Waals surface area contributed by atoms with Gasteiger partial charge in [-0.2, -0.15) is 0 Å². The molecule has 86 valence electrons. The predicted molar refractivity (Wildman–Crippen MR) is 64.7 cm³/mol. The maximum absolute atomic E-state index is 5.89. The summed E-state index contributed by atoms with van der Waals surface area (Å²) in [6.45, 7) is 7.23. The van der Waals surface area contributed by atoms with Crippen molar-refractivity contribution in [2.45, 2.75) is 45.2 Å². The van der Waals surface area contributed by atoms with Crippen LogP contribution in [0.15, 0.2) is 12.2 Å². The lowest BCUT2D eigenvalue weighted by Gasteiger charge is -2.38. The van der Waals surface area contributed by atoms with E-state index in [0.29, 0.717) is 12.0 Å².